The molecule has 0 heterocycles. The van der Waals surface area contributed by atoms with Gasteiger partial charge in [-0.05, 0) is 6.42 Å². The van der Waals surface area contributed by atoms with Gasteiger partial charge in [-0.3, -0.25) is 4.79 Å². The molecule has 0 fully saturated rings. The van der Waals surface area contributed by atoms with Crippen molar-refractivity contribution in [2.24, 2.45) is 0 Å². The van der Waals surface area contributed by atoms with Gasteiger partial charge < -0.3 is 0 Å². The molecule has 18 heavy (non-hydrogen) atoms. The second-order valence-electron chi connectivity index (χ2n) is 5.35. The number of hydrogen-bond donors (Lipinski definition) is 0. The van der Waals surface area contributed by atoms with E-state index in [9.17, 15) is 9.18 Å². The molecule has 0 N–H and O–H groups in total. The summed E-state index contributed by atoms with van der Waals surface area (Å²) in [7, 11) is 0. The highest BCUT2D eigenvalue weighted by molar-refractivity contribution is 5.67. The molecule has 0 rings (SSSR count). The highest BCUT2D eigenvalue weighted by Gasteiger charge is 1.97. The van der Waals surface area contributed by atoms with Crippen LogP contribution in [0.2, 0.25) is 0 Å². The van der Waals surface area contributed by atoms with Crippen molar-refractivity contribution in [3.05, 3.63) is 0 Å². The maximum Gasteiger partial charge on any atom is 0.301 e. The smallest absolute Gasteiger partial charge is 0.261 e. The van der Waals surface area contributed by atoms with E-state index in [-0.39, 0.29) is 6.42 Å². The number of rotatable bonds is 14. The van der Waals surface area contributed by atoms with Crippen LogP contribution in [0, 0.1) is 0 Å². The summed E-state index contributed by atoms with van der Waals surface area (Å²) in [6.07, 6.45) is 16.6. The van der Waals surface area contributed by atoms with Crippen LogP contribution in [0.5, 0.6) is 0 Å². The van der Waals surface area contributed by atoms with Crippen LogP contribution in [0.15, 0.2) is 0 Å². The molecule has 0 aromatic carbocycles. The molecule has 0 saturated heterocycles. The van der Waals surface area contributed by atoms with Crippen molar-refractivity contribution in [3.63, 3.8) is 0 Å². The SMILES string of the molecule is CCCCCCCCCCCCCCCC(=O)F. The van der Waals surface area contributed by atoms with Crippen LogP contribution in [-0.4, -0.2) is 6.04 Å². The molecular formula is C16H31FO. The number of hydrogen-bond acceptors (Lipinski definition) is 1. The molecule has 0 aromatic rings. The van der Waals surface area contributed by atoms with Crippen molar-refractivity contribution in [3.8, 4) is 0 Å². The molecule has 108 valence electrons. The van der Waals surface area contributed by atoms with Gasteiger partial charge in [-0.2, -0.15) is 4.39 Å². The first-order valence-electron chi connectivity index (χ1n) is 7.95. The van der Waals surface area contributed by atoms with Gasteiger partial charge in [0.2, 0.25) is 0 Å². The summed E-state index contributed by atoms with van der Waals surface area (Å²) in [5, 5.41) is 0. The van der Waals surface area contributed by atoms with E-state index in [0.717, 1.165) is 19.3 Å². The average Bonchev–Trinajstić information content (AvgIpc) is 2.34. The van der Waals surface area contributed by atoms with Crippen LogP contribution in [0.3, 0.4) is 0 Å². The third kappa shape index (κ3) is 15.6. The van der Waals surface area contributed by atoms with Crippen LogP contribution in [0.4, 0.5) is 4.39 Å². The van der Waals surface area contributed by atoms with Crippen LogP contribution in [0.1, 0.15) is 96.8 Å². The van der Waals surface area contributed by atoms with E-state index >= 15 is 0 Å². The van der Waals surface area contributed by atoms with Crippen molar-refractivity contribution in [1.29, 1.82) is 0 Å². The monoisotopic (exact) mass is 258 g/mol. The Morgan fingerprint density at radius 1 is 0.667 bits per heavy atom. The Morgan fingerprint density at radius 3 is 1.33 bits per heavy atom. The number of carbonyl (C=O) groups excluding carboxylic acids is 1. The quantitative estimate of drug-likeness (QED) is 0.277. The minimum Gasteiger partial charge on any atom is -0.261 e. The van der Waals surface area contributed by atoms with Gasteiger partial charge in [-0.25, -0.2) is 0 Å². The van der Waals surface area contributed by atoms with Gasteiger partial charge in [0.1, 0.15) is 0 Å². The first kappa shape index (κ1) is 17.6. The average molecular weight is 258 g/mol. The molecular weight excluding hydrogens is 227 g/mol. The number of carbonyl (C=O) groups is 1. The Kier molecular flexibility index (Phi) is 14.3. The van der Waals surface area contributed by atoms with E-state index in [1.807, 2.05) is 0 Å². The lowest BCUT2D eigenvalue weighted by atomic mass is 10.0. The Hall–Kier alpha value is -0.400. The fourth-order valence-electron chi connectivity index (χ4n) is 2.28. The van der Waals surface area contributed by atoms with Gasteiger partial charge >= 0.3 is 6.04 Å². The molecule has 2 heteroatoms. The van der Waals surface area contributed by atoms with Crippen LogP contribution in [-0.2, 0) is 4.79 Å². The van der Waals surface area contributed by atoms with Crippen molar-refractivity contribution in [1.82, 2.24) is 0 Å². The zero-order chi connectivity index (χ0) is 13.5. The molecule has 0 bridgehead atoms. The predicted molar refractivity (Wildman–Crippen MR) is 76.4 cm³/mol. The maximum atomic E-state index is 11.9. The van der Waals surface area contributed by atoms with E-state index in [2.05, 4.69) is 6.92 Å². The summed E-state index contributed by atoms with van der Waals surface area (Å²) in [6, 6.07) is -1.15. The second-order valence-corrected chi connectivity index (χ2v) is 5.35. The summed E-state index contributed by atoms with van der Waals surface area (Å²) >= 11 is 0. The summed E-state index contributed by atoms with van der Waals surface area (Å²) in [6.45, 7) is 2.25. The Balaban J connectivity index is 2.92. The fourth-order valence-corrected chi connectivity index (χ4v) is 2.28. The Labute approximate surface area is 113 Å². The molecule has 0 saturated carbocycles. The minimum atomic E-state index is -1.15. The van der Waals surface area contributed by atoms with Crippen molar-refractivity contribution >= 4 is 6.04 Å². The third-order valence-corrected chi connectivity index (χ3v) is 3.48. The zero-order valence-corrected chi connectivity index (χ0v) is 12.2. The molecule has 0 spiro atoms. The standard InChI is InChI=1S/C16H31FO/c1-2-3-4-5-6-7-8-9-10-11-12-13-14-15-16(17)18/h2-15H2,1H3. The van der Waals surface area contributed by atoms with E-state index in [1.165, 1.54) is 64.2 Å². The van der Waals surface area contributed by atoms with Crippen LogP contribution >= 0.6 is 0 Å². The molecule has 0 aliphatic rings. The lowest BCUT2D eigenvalue weighted by Gasteiger charge is -2.02. The lowest BCUT2D eigenvalue weighted by Crippen LogP contribution is -1.87. The van der Waals surface area contributed by atoms with E-state index in [1.54, 1.807) is 0 Å². The van der Waals surface area contributed by atoms with Gasteiger partial charge in [0, 0.05) is 6.42 Å². The zero-order valence-electron chi connectivity index (χ0n) is 12.2. The minimum absolute atomic E-state index is 0.123. The van der Waals surface area contributed by atoms with Crippen molar-refractivity contribution in [2.75, 3.05) is 0 Å². The number of halogens is 1. The van der Waals surface area contributed by atoms with Crippen molar-refractivity contribution in [2.45, 2.75) is 96.8 Å². The molecule has 0 amide bonds. The first-order chi connectivity index (χ1) is 8.77. The fraction of sp³-hybridized carbons (Fsp3) is 0.938. The van der Waals surface area contributed by atoms with Crippen molar-refractivity contribution < 1.29 is 9.18 Å². The van der Waals surface area contributed by atoms with E-state index in [0.29, 0.717) is 0 Å². The highest BCUT2D eigenvalue weighted by atomic mass is 19.1. The molecule has 0 radical (unpaired) electrons. The molecule has 0 aliphatic carbocycles. The normalized spacial score (nSPS) is 10.8. The highest BCUT2D eigenvalue weighted by Crippen LogP contribution is 2.12. The van der Waals surface area contributed by atoms with Gasteiger partial charge in [0.25, 0.3) is 0 Å². The van der Waals surface area contributed by atoms with Crippen LogP contribution < -0.4 is 0 Å². The summed E-state index contributed by atoms with van der Waals surface area (Å²) in [5.41, 5.74) is 0. The second kappa shape index (κ2) is 14.7. The first-order valence-corrected chi connectivity index (χ1v) is 7.95. The molecule has 0 unspecified atom stereocenters. The summed E-state index contributed by atoms with van der Waals surface area (Å²) in [4.78, 5) is 10.1. The van der Waals surface area contributed by atoms with Gasteiger partial charge in [-0.15, -0.1) is 0 Å². The molecule has 0 aromatic heterocycles. The lowest BCUT2D eigenvalue weighted by molar-refractivity contribution is -0.129. The summed E-state index contributed by atoms with van der Waals surface area (Å²) < 4.78 is 11.9. The third-order valence-electron chi connectivity index (χ3n) is 3.48. The molecule has 1 nitrogen and oxygen atoms in total. The van der Waals surface area contributed by atoms with E-state index < -0.39 is 6.04 Å². The largest absolute Gasteiger partial charge is 0.301 e. The van der Waals surface area contributed by atoms with Crippen LogP contribution in [0.25, 0.3) is 0 Å². The Morgan fingerprint density at radius 2 is 1.00 bits per heavy atom. The molecule has 0 aliphatic heterocycles. The predicted octanol–water partition coefficient (Wildman–Crippen LogP) is 5.96. The maximum absolute atomic E-state index is 11.9. The van der Waals surface area contributed by atoms with Gasteiger partial charge in [0.05, 0.1) is 0 Å². The van der Waals surface area contributed by atoms with Gasteiger partial charge in [-0.1, -0.05) is 84.0 Å². The molecule has 0 atom stereocenters. The Bertz CT molecular complexity index is 180. The van der Waals surface area contributed by atoms with E-state index in [4.69, 9.17) is 0 Å². The van der Waals surface area contributed by atoms with Gasteiger partial charge in [0.15, 0.2) is 0 Å². The topological polar surface area (TPSA) is 17.1 Å². The number of unbranched alkanes of at least 4 members (excludes halogenated alkanes) is 12. The summed E-state index contributed by atoms with van der Waals surface area (Å²) in [5.74, 6) is 0.